The molecule has 2 heteroatoms. The predicted molar refractivity (Wildman–Crippen MR) is 36.4 cm³/mol. The van der Waals surface area contributed by atoms with Gasteiger partial charge in [-0.3, -0.25) is 0 Å². The van der Waals surface area contributed by atoms with E-state index in [0.717, 1.165) is 18.4 Å². The van der Waals surface area contributed by atoms with E-state index in [0.29, 0.717) is 12.5 Å². The van der Waals surface area contributed by atoms with Crippen molar-refractivity contribution in [2.24, 2.45) is 5.92 Å². The summed E-state index contributed by atoms with van der Waals surface area (Å²) >= 11 is 0. The lowest BCUT2D eigenvalue weighted by Gasteiger charge is -2.03. The second-order valence-electron chi connectivity index (χ2n) is 3.02. The summed E-state index contributed by atoms with van der Waals surface area (Å²) in [6.45, 7) is 2.72. The van der Waals surface area contributed by atoms with E-state index in [4.69, 9.17) is 4.74 Å². The van der Waals surface area contributed by atoms with E-state index in [9.17, 15) is 4.79 Å². The number of esters is 1. The third-order valence-electron chi connectivity index (χ3n) is 2.41. The zero-order valence-corrected chi connectivity index (χ0v) is 6.02. The molecule has 0 fully saturated rings. The monoisotopic (exact) mass is 138 g/mol. The molecule has 0 aromatic rings. The van der Waals surface area contributed by atoms with E-state index >= 15 is 0 Å². The second-order valence-corrected chi connectivity index (χ2v) is 3.02. The average Bonchev–Trinajstić information content (AvgIpc) is 2.41. The zero-order valence-electron chi connectivity index (χ0n) is 6.02. The topological polar surface area (TPSA) is 26.3 Å². The number of cyclic esters (lactones) is 1. The summed E-state index contributed by atoms with van der Waals surface area (Å²) in [7, 11) is 0. The van der Waals surface area contributed by atoms with Gasteiger partial charge in [0.25, 0.3) is 0 Å². The molecule has 2 aliphatic rings. The van der Waals surface area contributed by atoms with Crippen molar-refractivity contribution in [2.75, 3.05) is 6.61 Å². The largest absolute Gasteiger partial charge is 0.458 e. The van der Waals surface area contributed by atoms with E-state index in [-0.39, 0.29) is 5.97 Å². The summed E-state index contributed by atoms with van der Waals surface area (Å²) in [6, 6.07) is 0. The van der Waals surface area contributed by atoms with Crippen LogP contribution in [0.2, 0.25) is 0 Å². The van der Waals surface area contributed by atoms with Gasteiger partial charge in [0, 0.05) is 5.57 Å². The lowest BCUT2D eigenvalue weighted by atomic mass is 10.1. The van der Waals surface area contributed by atoms with Crippen LogP contribution in [0, 0.1) is 5.92 Å². The first-order valence-electron chi connectivity index (χ1n) is 3.68. The molecule has 0 unspecified atom stereocenters. The number of hydrogen-bond acceptors (Lipinski definition) is 2. The highest BCUT2D eigenvalue weighted by molar-refractivity contribution is 5.92. The molecule has 0 aromatic heterocycles. The molecule has 1 aliphatic carbocycles. The summed E-state index contributed by atoms with van der Waals surface area (Å²) in [5.74, 6) is 0.515. The van der Waals surface area contributed by atoms with Gasteiger partial charge in [-0.25, -0.2) is 4.79 Å². The number of carbonyl (C=O) groups excluding carboxylic acids is 1. The molecule has 54 valence electrons. The Morgan fingerprint density at radius 3 is 3.10 bits per heavy atom. The van der Waals surface area contributed by atoms with Crippen molar-refractivity contribution in [1.82, 2.24) is 0 Å². The van der Waals surface area contributed by atoms with E-state index < -0.39 is 0 Å². The maximum absolute atomic E-state index is 10.9. The lowest BCUT2D eigenvalue weighted by Crippen LogP contribution is -2.01. The smallest absolute Gasteiger partial charge is 0.334 e. The minimum Gasteiger partial charge on any atom is -0.458 e. The van der Waals surface area contributed by atoms with Gasteiger partial charge in [0.1, 0.15) is 6.61 Å². The van der Waals surface area contributed by atoms with Crippen molar-refractivity contribution >= 4 is 5.97 Å². The molecule has 0 aromatic carbocycles. The molecular formula is C8H10O2. The van der Waals surface area contributed by atoms with Crippen LogP contribution in [0.25, 0.3) is 0 Å². The molecule has 0 saturated carbocycles. The van der Waals surface area contributed by atoms with Crippen LogP contribution < -0.4 is 0 Å². The Bertz CT molecular complexity index is 215. The molecule has 0 spiro atoms. The SMILES string of the molecule is C[C@@H]1CCC2=C1COC2=O. The van der Waals surface area contributed by atoms with Crippen LogP contribution in [0.5, 0.6) is 0 Å². The van der Waals surface area contributed by atoms with Crippen LogP contribution in [-0.4, -0.2) is 12.6 Å². The van der Waals surface area contributed by atoms with Gasteiger partial charge in [0.05, 0.1) is 0 Å². The van der Waals surface area contributed by atoms with E-state index in [1.165, 1.54) is 5.57 Å². The summed E-state index contributed by atoms with van der Waals surface area (Å²) in [4.78, 5) is 10.9. The van der Waals surface area contributed by atoms with Crippen LogP contribution >= 0.6 is 0 Å². The highest BCUT2D eigenvalue weighted by Gasteiger charge is 2.32. The Labute approximate surface area is 59.9 Å². The first-order chi connectivity index (χ1) is 4.79. The quantitative estimate of drug-likeness (QED) is 0.471. The van der Waals surface area contributed by atoms with Gasteiger partial charge in [0.2, 0.25) is 0 Å². The number of hydrogen-bond donors (Lipinski definition) is 0. The van der Waals surface area contributed by atoms with E-state index in [1.807, 2.05) is 0 Å². The van der Waals surface area contributed by atoms with Gasteiger partial charge in [-0.15, -0.1) is 0 Å². The first kappa shape index (κ1) is 5.96. The highest BCUT2D eigenvalue weighted by atomic mass is 16.5. The minimum atomic E-state index is -0.0700. The predicted octanol–water partition coefficient (Wildman–Crippen LogP) is 1.27. The zero-order chi connectivity index (χ0) is 7.14. The van der Waals surface area contributed by atoms with Gasteiger partial charge in [-0.05, 0) is 24.3 Å². The van der Waals surface area contributed by atoms with Crippen molar-refractivity contribution in [3.8, 4) is 0 Å². The van der Waals surface area contributed by atoms with Gasteiger partial charge in [0.15, 0.2) is 0 Å². The van der Waals surface area contributed by atoms with Crippen molar-refractivity contribution in [1.29, 1.82) is 0 Å². The normalized spacial score (nSPS) is 30.9. The van der Waals surface area contributed by atoms with Gasteiger partial charge in [-0.1, -0.05) is 6.92 Å². The maximum Gasteiger partial charge on any atom is 0.334 e. The Kier molecular flexibility index (Phi) is 1.10. The third-order valence-corrected chi connectivity index (χ3v) is 2.41. The first-order valence-corrected chi connectivity index (χ1v) is 3.68. The maximum atomic E-state index is 10.9. The second kappa shape index (κ2) is 1.84. The molecule has 2 nitrogen and oxygen atoms in total. The standard InChI is InChI=1S/C8H10O2/c1-5-2-3-6-7(5)4-10-8(6)9/h5H,2-4H2,1H3/t5-/m1/s1. The van der Waals surface area contributed by atoms with Gasteiger partial charge < -0.3 is 4.74 Å². The fraction of sp³-hybridized carbons (Fsp3) is 0.625. The fourth-order valence-corrected chi connectivity index (χ4v) is 1.69. The van der Waals surface area contributed by atoms with Crippen molar-refractivity contribution in [2.45, 2.75) is 19.8 Å². The lowest BCUT2D eigenvalue weighted by molar-refractivity contribution is -0.136. The molecule has 0 amide bonds. The van der Waals surface area contributed by atoms with Crippen molar-refractivity contribution in [3.05, 3.63) is 11.1 Å². The van der Waals surface area contributed by atoms with Crippen molar-refractivity contribution in [3.63, 3.8) is 0 Å². The van der Waals surface area contributed by atoms with Crippen LogP contribution in [0.4, 0.5) is 0 Å². The fourth-order valence-electron chi connectivity index (χ4n) is 1.69. The summed E-state index contributed by atoms with van der Waals surface area (Å²) in [5, 5.41) is 0. The minimum absolute atomic E-state index is 0.0700. The number of rotatable bonds is 0. The van der Waals surface area contributed by atoms with Crippen LogP contribution in [0.3, 0.4) is 0 Å². The van der Waals surface area contributed by atoms with Crippen molar-refractivity contribution < 1.29 is 9.53 Å². The Morgan fingerprint density at radius 2 is 2.40 bits per heavy atom. The molecule has 1 aliphatic heterocycles. The summed E-state index contributed by atoms with van der Waals surface area (Å²) in [6.07, 6.45) is 2.08. The molecule has 10 heavy (non-hydrogen) atoms. The number of ether oxygens (including phenoxy) is 1. The molecule has 2 rings (SSSR count). The highest BCUT2D eigenvalue weighted by Crippen LogP contribution is 2.35. The molecule has 0 N–H and O–H groups in total. The summed E-state index contributed by atoms with van der Waals surface area (Å²) in [5.41, 5.74) is 2.22. The molecule has 0 saturated heterocycles. The van der Waals surface area contributed by atoms with Crippen LogP contribution in [0.15, 0.2) is 11.1 Å². The van der Waals surface area contributed by atoms with E-state index in [2.05, 4.69) is 6.92 Å². The Hall–Kier alpha value is -0.790. The molecule has 1 atom stereocenters. The van der Waals surface area contributed by atoms with Gasteiger partial charge >= 0.3 is 5.97 Å². The molecular weight excluding hydrogens is 128 g/mol. The average molecular weight is 138 g/mol. The molecule has 0 bridgehead atoms. The van der Waals surface area contributed by atoms with Crippen LogP contribution in [0.1, 0.15) is 19.8 Å². The van der Waals surface area contributed by atoms with Crippen LogP contribution in [-0.2, 0) is 9.53 Å². The molecule has 0 radical (unpaired) electrons. The number of carbonyl (C=O) groups is 1. The van der Waals surface area contributed by atoms with Gasteiger partial charge in [-0.2, -0.15) is 0 Å². The van der Waals surface area contributed by atoms with E-state index in [1.54, 1.807) is 0 Å². The summed E-state index contributed by atoms with van der Waals surface area (Å²) < 4.78 is 4.88. The molecule has 1 heterocycles. The Morgan fingerprint density at radius 1 is 1.60 bits per heavy atom. The third kappa shape index (κ3) is 0.618. The Balaban J connectivity index is 2.34.